The third-order valence-corrected chi connectivity index (χ3v) is 3.71. The highest BCUT2D eigenvalue weighted by Gasteiger charge is 2.30. The van der Waals surface area contributed by atoms with Crippen molar-refractivity contribution in [3.63, 3.8) is 0 Å². The molecule has 4 N–H and O–H groups in total. The number of rotatable bonds is 7. The summed E-state index contributed by atoms with van der Waals surface area (Å²) >= 11 is 0. The number of methoxy groups -OCH3 is 2. The summed E-state index contributed by atoms with van der Waals surface area (Å²) in [4.78, 5) is 23.7. The molecule has 0 aliphatic carbocycles. The van der Waals surface area contributed by atoms with Crippen LogP contribution < -0.4 is 9.47 Å². The smallest absolute Gasteiger partial charge is 0.349 e. The van der Waals surface area contributed by atoms with Gasteiger partial charge in [-0.05, 0) is 29.8 Å². The monoisotopic (exact) mass is 378 g/mol. The highest BCUT2D eigenvalue weighted by molar-refractivity contribution is 5.82. The Hall–Kier alpha value is -3.46. The van der Waals surface area contributed by atoms with E-state index < -0.39 is 24.1 Å². The topological polar surface area (TPSA) is 143 Å². The van der Waals surface area contributed by atoms with Crippen molar-refractivity contribution in [1.29, 1.82) is 0 Å². The highest BCUT2D eigenvalue weighted by atomic mass is 16.6. The Morgan fingerprint density at radius 2 is 1.37 bits per heavy atom. The lowest BCUT2D eigenvalue weighted by Gasteiger charge is -2.18. The van der Waals surface area contributed by atoms with Gasteiger partial charge in [0.05, 0.1) is 14.2 Å². The highest BCUT2D eigenvalue weighted by Crippen LogP contribution is 2.32. The zero-order valence-corrected chi connectivity index (χ0v) is 14.4. The van der Waals surface area contributed by atoms with Gasteiger partial charge < -0.3 is 34.6 Å². The van der Waals surface area contributed by atoms with E-state index in [-0.39, 0.29) is 34.1 Å². The van der Waals surface area contributed by atoms with E-state index in [4.69, 9.17) is 14.2 Å². The van der Waals surface area contributed by atoms with E-state index >= 15 is 0 Å². The molecule has 0 amide bonds. The molecule has 0 fully saturated rings. The van der Waals surface area contributed by atoms with Crippen LogP contribution in [0.2, 0.25) is 0 Å². The molecule has 2 unspecified atom stereocenters. The summed E-state index contributed by atoms with van der Waals surface area (Å²) in [5.74, 6) is -3.08. The normalized spacial score (nSPS) is 12.7. The van der Waals surface area contributed by atoms with Crippen LogP contribution in [0, 0.1) is 0 Å². The second-order valence-corrected chi connectivity index (χ2v) is 5.42. The Labute approximate surface area is 154 Å². The van der Waals surface area contributed by atoms with E-state index in [0.29, 0.717) is 0 Å². The standard InChI is InChI=1S/C18H18O9/c1-25-13-7-9(3-5-11(13)19)15(21)18(24)27-16(17(22)23)10-4-6-12(20)14(8-10)26-2/h3-8,15-16,19-21H,1-2H3,(H,22,23). The van der Waals surface area contributed by atoms with E-state index in [1.165, 1.54) is 50.6 Å². The van der Waals surface area contributed by atoms with Crippen molar-refractivity contribution < 1.29 is 44.2 Å². The van der Waals surface area contributed by atoms with Crippen LogP contribution in [0.5, 0.6) is 23.0 Å². The average Bonchev–Trinajstić information content (AvgIpc) is 2.66. The fourth-order valence-electron chi connectivity index (χ4n) is 2.30. The number of esters is 1. The van der Waals surface area contributed by atoms with Crippen molar-refractivity contribution in [2.45, 2.75) is 12.2 Å². The summed E-state index contributed by atoms with van der Waals surface area (Å²) in [5, 5.41) is 38.7. The number of hydrogen-bond donors (Lipinski definition) is 4. The second kappa shape index (κ2) is 8.28. The first-order valence-electron chi connectivity index (χ1n) is 7.63. The van der Waals surface area contributed by atoms with Crippen molar-refractivity contribution in [2.24, 2.45) is 0 Å². The second-order valence-electron chi connectivity index (χ2n) is 5.42. The molecule has 0 aliphatic heterocycles. The number of carboxylic acid groups (broad SMARTS) is 1. The predicted molar refractivity (Wildman–Crippen MR) is 90.7 cm³/mol. The summed E-state index contributed by atoms with van der Waals surface area (Å²) in [6, 6.07) is 7.35. The molecule has 9 heteroatoms. The van der Waals surface area contributed by atoms with Crippen LogP contribution in [0.25, 0.3) is 0 Å². The van der Waals surface area contributed by atoms with Crippen LogP contribution in [0.1, 0.15) is 23.3 Å². The fourth-order valence-corrected chi connectivity index (χ4v) is 2.30. The molecule has 0 saturated heterocycles. The quantitative estimate of drug-likeness (QED) is 0.527. The van der Waals surface area contributed by atoms with Crippen molar-refractivity contribution in [3.05, 3.63) is 47.5 Å². The number of ether oxygens (including phenoxy) is 3. The molecule has 9 nitrogen and oxygen atoms in total. The Balaban J connectivity index is 2.25. The molecular weight excluding hydrogens is 360 g/mol. The number of carbonyl (C=O) groups excluding carboxylic acids is 1. The molecular formula is C18H18O9. The van der Waals surface area contributed by atoms with Gasteiger partial charge in [0.25, 0.3) is 0 Å². The van der Waals surface area contributed by atoms with E-state index in [1.807, 2.05) is 0 Å². The molecule has 2 aromatic rings. The largest absolute Gasteiger partial charge is 0.504 e. The van der Waals surface area contributed by atoms with E-state index in [0.717, 1.165) is 0 Å². The van der Waals surface area contributed by atoms with E-state index in [1.54, 1.807) is 0 Å². The maximum absolute atomic E-state index is 12.2. The number of carboxylic acids is 1. The minimum atomic E-state index is -1.81. The van der Waals surface area contributed by atoms with E-state index in [2.05, 4.69) is 0 Å². The maximum atomic E-state index is 12.2. The lowest BCUT2D eigenvalue weighted by atomic mass is 10.1. The fraction of sp³-hybridized carbons (Fsp3) is 0.222. The summed E-state index contributed by atoms with van der Waals surface area (Å²) in [6.07, 6.45) is -3.54. The minimum Gasteiger partial charge on any atom is -0.504 e. The van der Waals surface area contributed by atoms with Crippen LogP contribution in [0.4, 0.5) is 0 Å². The molecule has 144 valence electrons. The van der Waals surface area contributed by atoms with Gasteiger partial charge in [-0.2, -0.15) is 0 Å². The molecule has 0 heterocycles. The van der Waals surface area contributed by atoms with Gasteiger partial charge >= 0.3 is 11.9 Å². The third-order valence-electron chi connectivity index (χ3n) is 3.71. The van der Waals surface area contributed by atoms with Crippen molar-refractivity contribution in [3.8, 4) is 23.0 Å². The molecule has 2 atom stereocenters. The van der Waals surface area contributed by atoms with E-state index in [9.17, 15) is 30.0 Å². The number of carbonyl (C=O) groups is 2. The van der Waals surface area contributed by atoms with Crippen LogP contribution >= 0.6 is 0 Å². The van der Waals surface area contributed by atoms with Gasteiger partial charge in [-0.1, -0.05) is 12.1 Å². The zero-order chi connectivity index (χ0) is 20.1. The van der Waals surface area contributed by atoms with Crippen molar-refractivity contribution >= 4 is 11.9 Å². The van der Waals surface area contributed by atoms with Gasteiger partial charge in [0.2, 0.25) is 6.10 Å². The summed E-state index contributed by atoms with van der Waals surface area (Å²) in [6.45, 7) is 0. The Morgan fingerprint density at radius 1 is 0.889 bits per heavy atom. The Morgan fingerprint density at radius 3 is 1.85 bits per heavy atom. The molecule has 0 saturated carbocycles. The number of phenolic OH excluding ortho intramolecular Hbond substituents is 2. The lowest BCUT2D eigenvalue weighted by molar-refractivity contribution is -0.171. The van der Waals surface area contributed by atoms with Crippen molar-refractivity contribution in [2.75, 3.05) is 14.2 Å². The molecule has 0 spiro atoms. The summed E-state index contributed by atoms with van der Waals surface area (Å²) in [5.41, 5.74) is 0.0723. The predicted octanol–water partition coefficient (Wildman–Crippen LogP) is 1.52. The number of aromatic hydroxyl groups is 2. The molecule has 0 aromatic heterocycles. The number of phenols is 2. The van der Waals surface area contributed by atoms with Gasteiger partial charge in [-0.15, -0.1) is 0 Å². The van der Waals surface area contributed by atoms with Crippen LogP contribution in [0.3, 0.4) is 0 Å². The van der Waals surface area contributed by atoms with Crippen molar-refractivity contribution in [1.82, 2.24) is 0 Å². The van der Waals surface area contributed by atoms with Crippen LogP contribution in [0.15, 0.2) is 36.4 Å². The third kappa shape index (κ3) is 4.39. The van der Waals surface area contributed by atoms with Gasteiger partial charge in [0, 0.05) is 5.56 Å². The first-order chi connectivity index (χ1) is 12.8. The maximum Gasteiger partial charge on any atom is 0.349 e. The number of aliphatic hydroxyl groups is 1. The zero-order valence-electron chi connectivity index (χ0n) is 14.4. The molecule has 0 aliphatic rings. The van der Waals surface area contributed by atoms with Gasteiger partial charge in [-0.25, -0.2) is 9.59 Å². The van der Waals surface area contributed by atoms with Crippen LogP contribution in [-0.2, 0) is 14.3 Å². The minimum absolute atomic E-state index is 0.00128. The number of benzene rings is 2. The van der Waals surface area contributed by atoms with Gasteiger partial charge in [0.1, 0.15) is 0 Å². The van der Waals surface area contributed by atoms with Gasteiger partial charge in [-0.3, -0.25) is 0 Å². The Kier molecular flexibility index (Phi) is 6.09. The lowest BCUT2D eigenvalue weighted by Crippen LogP contribution is -2.23. The number of aliphatic carboxylic acids is 1. The molecule has 2 rings (SSSR count). The SMILES string of the molecule is COc1cc(C(O)C(=O)OC(C(=O)O)c2ccc(O)c(OC)c2)ccc1O. The van der Waals surface area contributed by atoms with Crippen LogP contribution in [-0.4, -0.2) is 46.6 Å². The number of hydrogen-bond acceptors (Lipinski definition) is 8. The summed E-state index contributed by atoms with van der Waals surface area (Å²) < 4.78 is 14.7. The molecule has 2 aromatic carbocycles. The Bertz CT molecular complexity index is 847. The summed E-state index contributed by atoms with van der Waals surface area (Å²) in [7, 11) is 2.57. The molecule has 0 bridgehead atoms. The van der Waals surface area contributed by atoms with Gasteiger partial charge in [0.15, 0.2) is 29.1 Å². The molecule has 0 radical (unpaired) electrons. The first kappa shape index (κ1) is 19.9. The number of aliphatic hydroxyl groups excluding tert-OH is 1. The average molecular weight is 378 g/mol. The molecule has 27 heavy (non-hydrogen) atoms. The first-order valence-corrected chi connectivity index (χ1v) is 7.63.